The van der Waals surface area contributed by atoms with Gasteiger partial charge in [0.15, 0.2) is 0 Å². The van der Waals surface area contributed by atoms with Crippen LogP contribution >= 0.6 is 0 Å². The third-order valence-electron chi connectivity index (χ3n) is 2.37. The topological polar surface area (TPSA) is 23.1 Å². The van der Waals surface area contributed by atoms with Crippen LogP contribution in [-0.2, 0) is 0 Å². The molecule has 0 aliphatic heterocycles. The molecule has 54 valence electrons. The van der Waals surface area contributed by atoms with Crippen molar-refractivity contribution in [1.29, 1.82) is 0 Å². The van der Waals surface area contributed by atoms with Gasteiger partial charge in [0.05, 0.1) is 0 Å². The van der Waals surface area contributed by atoms with Crippen LogP contribution in [0.4, 0.5) is 0 Å². The predicted molar refractivity (Wildman–Crippen MR) is 36.0 cm³/mol. The molecule has 0 radical (unpaired) electrons. The molecular formula is C8H15ORb. The second-order valence-electron chi connectivity index (χ2n) is 3.05. The first kappa shape index (κ1) is 11.8. The largest absolute Gasteiger partial charge is 1.00 e. The number of hydrogen-bond acceptors (Lipinski definition) is 1. The van der Waals surface area contributed by atoms with Crippen LogP contribution in [0.5, 0.6) is 0 Å². The average Bonchev–Trinajstić information content (AvgIpc) is 1.90. The van der Waals surface area contributed by atoms with E-state index >= 15 is 0 Å². The fourth-order valence-electron chi connectivity index (χ4n) is 1.54. The average molecular weight is 213 g/mol. The molecule has 1 fully saturated rings. The van der Waals surface area contributed by atoms with Gasteiger partial charge in [-0.2, -0.15) is 0 Å². The van der Waals surface area contributed by atoms with E-state index in [9.17, 15) is 5.11 Å². The van der Waals surface area contributed by atoms with Crippen molar-refractivity contribution in [2.75, 3.05) is 0 Å². The van der Waals surface area contributed by atoms with Crippen molar-refractivity contribution < 1.29 is 63.3 Å². The Morgan fingerprint density at radius 2 is 1.70 bits per heavy atom. The van der Waals surface area contributed by atoms with Gasteiger partial charge in [0.25, 0.3) is 0 Å². The van der Waals surface area contributed by atoms with E-state index < -0.39 is 0 Å². The minimum Gasteiger partial charge on any atom is -0.852 e. The van der Waals surface area contributed by atoms with Crippen LogP contribution in [0.15, 0.2) is 0 Å². The van der Waals surface area contributed by atoms with Crippen LogP contribution in [0.25, 0.3) is 0 Å². The zero-order valence-corrected chi connectivity index (χ0v) is 12.0. The van der Waals surface area contributed by atoms with Crippen LogP contribution in [-0.4, -0.2) is 6.10 Å². The molecule has 2 heteroatoms. The van der Waals surface area contributed by atoms with Crippen molar-refractivity contribution in [3.05, 3.63) is 0 Å². The van der Waals surface area contributed by atoms with Crippen LogP contribution < -0.4 is 63.3 Å². The van der Waals surface area contributed by atoms with Crippen molar-refractivity contribution in [2.24, 2.45) is 5.92 Å². The maximum absolute atomic E-state index is 10.8. The Bertz CT molecular complexity index is 77.3. The van der Waals surface area contributed by atoms with E-state index in [1.807, 2.05) is 0 Å². The van der Waals surface area contributed by atoms with Gasteiger partial charge in [0.2, 0.25) is 0 Å². The summed E-state index contributed by atoms with van der Waals surface area (Å²) < 4.78 is 0. The van der Waals surface area contributed by atoms with Crippen molar-refractivity contribution in [1.82, 2.24) is 0 Å². The third-order valence-corrected chi connectivity index (χ3v) is 2.37. The van der Waals surface area contributed by atoms with E-state index in [4.69, 9.17) is 0 Å². The molecule has 0 atom stereocenters. The van der Waals surface area contributed by atoms with E-state index in [-0.39, 0.29) is 64.3 Å². The third kappa shape index (κ3) is 3.96. The maximum Gasteiger partial charge on any atom is 1.00 e. The SMILES string of the molecule is CCC1CCC([O-])CC1.[Rb+]. The minimum atomic E-state index is -0.229. The van der Waals surface area contributed by atoms with Gasteiger partial charge in [0.1, 0.15) is 0 Å². The Hall–Kier alpha value is 1.77. The summed E-state index contributed by atoms with van der Waals surface area (Å²) in [5, 5.41) is 10.8. The van der Waals surface area contributed by atoms with Crippen LogP contribution in [0.3, 0.4) is 0 Å². The van der Waals surface area contributed by atoms with Gasteiger partial charge < -0.3 is 5.11 Å². The van der Waals surface area contributed by atoms with Gasteiger partial charge >= 0.3 is 58.2 Å². The fourth-order valence-corrected chi connectivity index (χ4v) is 1.54. The Kier molecular flexibility index (Phi) is 7.41. The minimum absolute atomic E-state index is 0. The molecule has 0 heterocycles. The predicted octanol–water partition coefficient (Wildman–Crippen LogP) is -1.68. The molecule has 0 aromatic heterocycles. The van der Waals surface area contributed by atoms with E-state index in [2.05, 4.69) is 6.92 Å². The van der Waals surface area contributed by atoms with Gasteiger partial charge in [-0.1, -0.05) is 39.0 Å². The summed E-state index contributed by atoms with van der Waals surface area (Å²) in [6.45, 7) is 2.22. The Morgan fingerprint density at radius 1 is 1.20 bits per heavy atom. The van der Waals surface area contributed by atoms with Crippen LogP contribution in [0.1, 0.15) is 39.0 Å². The molecule has 0 spiro atoms. The number of hydrogen-bond donors (Lipinski definition) is 0. The molecule has 10 heavy (non-hydrogen) atoms. The van der Waals surface area contributed by atoms with Gasteiger partial charge in [-0.25, -0.2) is 0 Å². The van der Waals surface area contributed by atoms with Gasteiger partial charge in [-0.3, -0.25) is 0 Å². The molecule has 0 bridgehead atoms. The summed E-state index contributed by atoms with van der Waals surface area (Å²) in [5.74, 6) is 0.871. The second kappa shape index (κ2) is 6.30. The molecule has 0 saturated heterocycles. The van der Waals surface area contributed by atoms with Gasteiger partial charge in [-0.05, 0) is 5.92 Å². The van der Waals surface area contributed by atoms with E-state index in [0.717, 1.165) is 18.8 Å². The molecule has 0 amide bonds. The summed E-state index contributed by atoms with van der Waals surface area (Å²) >= 11 is 0. The summed E-state index contributed by atoms with van der Waals surface area (Å²) in [7, 11) is 0. The van der Waals surface area contributed by atoms with Gasteiger partial charge in [0, 0.05) is 0 Å². The zero-order valence-electron chi connectivity index (χ0n) is 7.10. The van der Waals surface area contributed by atoms with E-state index in [1.54, 1.807) is 0 Å². The summed E-state index contributed by atoms with van der Waals surface area (Å²) in [6, 6.07) is 0. The quantitative estimate of drug-likeness (QED) is 0.509. The van der Waals surface area contributed by atoms with E-state index in [1.165, 1.54) is 19.3 Å². The molecule has 1 rings (SSSR count). The Balaban J connectivity index is 0.000000810. The monoisotopic (exact) mass is 212 g/mol. The maximum atomic E-state index is 10.8. The number of rotatable bonds is 1. The summed E-state index contributed by atoms with van der Waals surface area (Å²) in [6.07, 6.45) is 5.27. The smallest absolute Gasteiger partial charge is 0.852 e. The normalized spacial score (nSPS) is 33.0. The van der Waals surface area contributed by atoms with E-state index in [0.29, 0.717) is 0 Å². The summed E-state index contributed by atoms with van der Waals surface area (Å²) in [5.41, 5.74) is 0. The molecular weight excluding hydrogens is 198 g/mol. The van der Waals surface area contributed by atoms with Crippen molar-refractivity contribution in [3.63, 3.8) is 0 Å². The molecule has 1 saturated carbocycles. The Morgan fingerprint density at radius 3 is 2.10 bits per heavy atom. The standard InChI is InChI=1S/C8H15O.Rb/c1-2-7-3-5-8(9)6-4-7;/h7-8H,2-6H2,1H3;/q-1;+1. The molecule has 0 aromatic rings. The molecule has 1 aliphatic rings. The second-order valence-corrected chi connectivity index (χ2v) is 3.05. The molecule has 0 aromatic carbocycles. The van der Waals surface area contributed by atoms with Crippen molar-refractivity contribution >= 4 is 0 Å². The fraction of sp³-hybridized carbons (Fsp3) is 1.00. The first-order valence-corrected chi connectivity index (χ1v) is 3.98. The van der Waals surface area contributed by atoms with Crippen LogP contribution in [0, 0.1) is 5.92 Å². The van der Waals surface area contributed by atoms with Crippen molar-refractivity contribution in [2.45, 2.75) is 45.1 Å². The van der Waals surface area contributed by atoms with Crippen LogP contribution in [0.2, 0.25) is 0 Å². The first-order valence-electron chi connectivity index (χ1n) is 3.98. The molecule has 1 nitrogen and oxygen atoms in total. The molecule has 0 unspecified atom stereocenters. The molecule has 0 N–H and O–H groups in total. The molecule has 1 aliphatic carbocycles. The zero-order chi connectivity index (χ0) is 6.69. The first-order chi connectivity index (χ1) is 4.33. The summed E-state index contributed by atoms with van der Waals surface area (Å²) in [4.78, 5) is 0. The van der Waals surface area contributed by atoms with Crippen molar-refractivity contribution in [3.8, 4) is 0 Å². The van der Waals surface area contributed by atoms with Gasteiger partial charge in [-0.15, -0.1) is 6.10 Å². The Labute approximate surface area is 112 Å².